The van der Waals surface area contributed by atoms with Gasteiger partial charge in [0.1, 0.15) is 0 Å². The third-order valence-corrected chi connectivity index (χ3v) is 2.38. The smallest absolute Gasteiger partial charge is 0.206 e. The largest absolute Gasteiger partial charge is 0.487 e. The van der Waals surface area contributed by atoms with Gasteiger partial charge >= 0.3 is 0 Å². The van der Waals surface area contributed by atoms with Crippen LogP contribution in [-0.4, -0.2) is 6.61 Å². The van der Waals surface area contributed by atoms with Crippen LogP contribution in [0.1, 0.15) is 20.3 Å². The number of rotatable bonds is 4. The van der Waals surface area contributed by atoms with E-state index in [1.165, 1.54) is 0 Å². The van der Waals surface area contributed by atoms with Gasteiger partial charge in [-0.1, -0.05) is 20.3 Å². The van der Waals surface area contributed by atoms with Gasteiger partial charge in [-0.2, -0.15) is 8.78 Å². The predicted octanol–water partition coefficient (Wildman–Crippen LogP) is 3.81. The van der Waals surface area contributed by atoms with Crippen molar-refractivity contribution < 1.29 is 26.7 Å². The minimum absolute atomic E-state index is 0.0509. The van der Waals surface area contributed by atoms with E-state index in [4.69, 9.17) is 0 Å². The normalized spacial score (nSPS) is 12.6. The zero-order valence-electron chi connectivity index (χ0n) is 9.29. The molecule has 0 radical (unpaired) electrons. The fourth-order valence-electron chi connectivity index (χ4n) is 1.05. The molecule has 0 aromatic heterocycles. The Kier molecular flexibility index (Phi) is 4.31. The molecule has 1 nitrogen and oxygen atoms in total. The molecule has 0 heterocycles. The van der Waals surface area contributed by atoms with Gasteiger partial charge in [0.05, 0.1) is 6.61 Å². The summed E-state index contributed by atoms with van der Waals surface area (Å²) in [6, 6.07) is 0. The zero-order valence-corrected chi connectivity index (χ0v) is 9.29. The van der Waals surface area contributed by atoms with E-state index in [1.807, 2.05) is 6.92 Å². The van der Waals surface area contributed by atoms with Crippen LogP contribution in [0.2, 0.25) is 0 Å². The first-order valence-corrected chi connectivity index (χ1v) is 5.04. The summed E-state index contributed by atoms with van der Waals surface area (Å²) in [5, 5.41) is 0. The first-order valence-electron chi connectivity index (χ1n) is 5.04. The lowest BCUT2D eigenvalue weighted by molar-refractivity contribution is 0.223. The summed E-state index contributed by atoms with van der Waals surface area (Å²) >= 11 is 0. The van der Waals surface area contributed by atoms with Gasteiger partial charge in [0.15, 0.2) is 5.75 Å². The number of halogens is 5. The SMILES string of the molecule is CCC(C)COc1c(F)c(F)c(F)c(F)c1F. The number of benzene rings is 1. The molecule has 1 aromatic carbocycles. The van der Waals surface area contributed by atoms with E-state index in [9.17, 15) is 22.0 Å². The number of hydrogen-bond donors (Lipinski definition) is 0. The second kappa shape index (κ2) is 5.33. The highest BCUT2D eigenvalue weighted by molar-refractivity contribution is 5.29. The van der Waals surface area contributed by atoms with E-state index in [2.05, 4.69) is 4.74 Å². The molecule has 0 fully saturated rings. The van der Waals surface area contributed by atoms with Crippen molar-refractivity contribution in [3.05, 3.63) is 29.1 Å². The Hall–Kier alpha value is -1.33. The Morgan fingerprint density at radius 1 is 0.882 bits per heavy atom. The molecular weight excluding hydrogens is 243 g/mol. The van der Waals surface area contributed by atoms with Crippen molar-refractivity contribution >= 4 is 0 Å². The average molecular weight is 254 g/mol. The van der Waals surface area contributed by atoms with Crippen molar-refractivity contribution in [3.8, 4) is 5.75 Å². The molecule has 0 aliphatic carbocycles. The van der Waals surface area contributed by atoms with Crippen LogP contribution in [0.5, 0.6) is 5.75 Å². The standard InChI is InChI=1S/C11H11F5O/c1-3-5(2)4-17-11-9(15)7(13)6(12)8(14)10(11)16/h5H,3-4H2,1-2H3. The molecule has 0 aliphatic heterocycles. The first-order chi connectivity index (χ1) is 7.90. The van der Waals surface area contributed by atoms with Crippen LogP contribution in [0.4, 0.5) is 22.0 Å². The molecule has 1 rings (SSSR count). The summed E-state index contributed by atoms with van der Waals surface area (Å²) in [5.41, 5.74) is 0. The van der Waals surface area contributed by atoms with E-state index < -0.39 is 34.8 Å². The molecule has 0 saturated heterocycles. The zero-order chi connectivity index (χ0) is 13.2. The van der Waals surface area contributed by atoms with Crippen LogP contribution in [0, 0.1) is 35.0 Å². The third kappa shape index (κ3) is 2.68. The quantitative estimate of drug-likeness (QED) is 0.451. The topological polar surface area (TPSA) is 9.23 Å². The Balaban J connectivity index is 3.07. The highest BCUT2D eigenvalue weighted by atomic mass is 19.2. The van der Waals surface area contributed by atoms with Crippen molar-refractivity contribution in [2.75, 3.05) is 6.61 Å². The second-order valence-corrected chi connectivity index (χ2v) is 3.72. The Morgan fingerprint density at radius 2 is 1.29 bits per heavy atom. The molecule has 6 heteroatoms. The van der Waals surface area contributed by atoms with Gasteiger partial charge in [-0.25, -0.2) is 13.2 Å². The van der Waals surface area contributed by atoms with Gasteiger partial charge in [0.25, 0.3) is 0 Å². The summed E-state index contributed by atoms with van der Waals surface area (Å²) in [5.74, 6) is -11.3. The average Bonchev–Trinajstić information content (AvgIpc) is 2.33. The fraction of sp³-hybridized carbons (Fsp3) is 0.455. The molecule has 0 saturated carbocycles. The summed E-state index contributed by atoms with van der Waals surface area (Å²) < 4.78 is 69.1. The van der Waals surface area contributed by atoms with Crippen molar-refractivity contribution in [3.63, 3.8) is 0 Å². The molecule has 0 bridgehead atoms. The van der Waals surface area contributed by atoms with Crippen LogP contribution >= 0.6 is 0 Å². The van der Waals surface area contributed by atoms with E-state index >= 15 is 0 Å². The van der Waals surface area contributed by atoms with Gasteiger partial charge in [-0.15, -0.1) is 0 Å². The molecule has 1 aromatic rings. The van der Waals surface area contributed by atoms with Gasteiger partial charge in [-0.3, -0.25) is 0 Å². The van der Waals surface area contributed by atoms with Crippen LogP contribution in [0.3, 0.4) is 0 Å². The van der Waals surface area contributed by atoms with E-state index in [0.29, 0.717) is 6.42 Å². The Labute approximate surface area is 95.2 Å². The highest BCUT2D eigenvalue weighted by Crippen LogP contribution is 2.29. The summed E-state index contributed by atoms with van der Waals surface area (Å²) in [7, 11) is 0. The summed E-state index contributed by atoms with van der Waals surface area (Å²) in [6.07, 6.45) is 0.662. The van der Waals surface area contributed by atoms with Crippen molar-refractivity contribution in [2.24, 2.45) is 5.92 Å². The minimum Gasteiger partial charge on any atom is -0.487 e. The summed E-state index contributed by atoms with van der Waals surface area (Å²) in [6.45, 7) is 3.42. The maximum atomic E-state index is 13.1. The van der Waals surface area contributed by atoms with Crippen molar-refractivity contribution in [2.45, 2.75) is 20.3 Å². The Bertz CT molecular complexity index is 390. The monoisotopic (exact) mass is 254 g/mol. The van der Waals surface area contributed by atoms with Gasteiger partial charge in [0.2, 0.25) is 29.1 Å². The molecule has 0 aliphatic rings. The van der Waals surface area contributed by atoms with Crippen LogP contribution in [0.15, 0.2) is 0 Å². The first kappa shape index (κ1) is 13.7. The molecule has 0 amide bonds. The highest BCUT2D eigenvalue weighted by Gasteiger charge is 2.27. The second-order valence-electron chi connectivity index (χ2n) is 3.72. The molecule has 96 valence electrons. The molecule has 0 N–H and O–H groups in total. The fourth-order valence-corrected chi connectivity index (χ4v) is 1.05. The van der Waals surface area contributed by atoms with Crippen molar-refractivity contribution in [1.29, 1.82) is 0 Å². The Morgan fingerprint density at radius 3 is 1.71 bits per heavy atom. The maximum Gasteiger partial charge on any atom is 0.206 e. The molecule has 1 atom stereocenters. The lowest BCUT2D eigenvalue weighted by atomic mass is 10.1. The van der Waals surface area contributed by atoms with E-state index in [-0.39, 0.29) is 12.5 Å². The third-order valence-electron chi connectivity index (χ3n) is 2.38. The molecular formula is C11H11F5O. The van der Waals surface area contributed by atoms with E-state index in [1.54, 1.807) is 6.92 Å². The van der Waals surface area contributed by atoms with Crippen molar-refractivity contribution in [1.82, 2.24) is 0 Å². The molecule has 17 heavy (non-hydrogen) atoms. The maximum absolute atomic E-state index is 13.1. The lowest BCUT2D eigenvalue weighted by Crippen LogP contribution is -2.12. The van der Waals surface area contributed by atoms with Gasteiger partial charge < -0.3 is 4.74 Å². The number of ether oxygens (including phenoxy) is 1. The number of hydrogen-bond acceptors (Lipinski definition) is 1. The summed E-state index contributed by atoms with van der Waals surface area (Å²) in [4.78, 5) is 0. The van der Waals surface area contributed by atoms with Crippen LogP contribution < -0.4 is 4.74 Å². The minimum atomic E-state index is -2.18. The van der Waals surface area contributed by atoms with Crippen LogP contribution in [-0.2, 0) is 0 Å². The van der Waals surface area contributed by atoms with Crippen LogP contribution in [0.25, 0.3) is 0 Å². The molecule has 1 unspecified atom stereocenters. The van der Waals surface area contributed by atoms with E-state index in [0.717, 1.165) is 0 Å². The molecule has 0 spiro atoms. The van der Waals surface area contributed by atoms with Gasteiger partial charge in [-0.05, 0) is 5.92 Å². The van der Waals surface area contributed by atoms with Gasteiger partial charge in [0, 0.05) is 0 Å². The lowest BCUT2D eigenvalue weighted by Gasteiger charge is -2.13. The predicted molar refractivity (Wildman–Crippen MR) is 51.2 cm³/mol.